The second kappa shape index (κ2) is 6.80. The quantitative estimate of drug-likeness (QED) is 0.944. The molecule has 1 fully saturated rings. The van der Waals surface area contributed by atoms with Crippen LogP contribution in [0.2, 0.25) is 0 Å². The van der Waals surface area contributed by atoms with E-state index in [0.29, 0.717) is 12.5 Å². The fraction of sp³-hybridized carbons (Fsp3) is 0.438. The maximum Gasteiger partial charge on any atom is 0.223 e. The number of pyridine rings is 1. The molecular weight excluding hydrogens is 282 g/mol. The molecular formula is C16H19N3OS. The number of rotatable bonds is 4. The number of nitrogens with zero attached hydrogens (tertiary/aromatic N) is 2. The minimum Gasteiger partial charge on any atom is -0.352 e. The first kappa shape index (κ1) is 14.2. The molecule has 110 valence electrons. The number of nitrogens with one attached hydrogen (secondary N) is 1. The lowest BCUT2D eigenvalue weighted by molar-refractivity contribution is -0.126. The van der Waals surface area contributed by atoms with Gasteiger partial charge in [0.15, 0.2) is 0 Å². The highest BCUT2D eigenvalue weighted by atomic mass is 32.1. The monoisotopic (exact) mass is 301 g/mol. The summed E-state index contributed by atoms with van der Waals surface area (Å²) in [6.45, 7) is 0.561. The molecule has 0 spiro atoms. The van der Waals surface area contributed by atoms with Crippen LogP contribution in [0.3, 0.4) is 0 Å². The highest BCUT2D eigenvalue weighted by Gasteiger charge is 2.29. The Kier molecular flexibility index (Phi) is 4.60. The first-order valence-corrected chi connectivity index (χ1v) is 8.27. The molecule has 2 aromatic rings. The Balaban J connectivity index is 1.55. The maximum atomic E-state index is 12.3. The minimum absolute atomic E-state index is 0.115. The molecule has 0 aliphatic heterocycles. The van der Waals surface area contributed by atoms with Crippen LogP contribution >= 0.6 is 11.3 Å². The number of thiazole rings is 1. The summed E-state index contributed by atoms with van der Waals surface area (Å²) in [5, 5.41) is 6.23. The van der Waals surface area contributed by atoms with Crippen molar-refractivity contribution in [2.75, 3.05) is 0 Å². The fourth-order valence-electron chi connectivity index (χ4n) is 2.92. The number of hydrogen-bond donors (Lipinski definition) is 1. The van der Waals surface area contributed by atoms with Crippen LogP contribution in [0.1, 0.15) is 42.2 Å². The standard InChI is InChI=1S/C16H19N3OS/c20-15(19-11-12-3-2-6-17-10-12)13-4-1-5-14(9-13)16-18-7-8-21-16/h2-3,6-8,10,13-14H,1,4-5,9,11H2,(H,19,20). The van der Waals surface area contributed by atoms with Gasteiger partial charge in [0.05, 0.1) is 5.01 Å². The van der Waals surface area contributed by atoms with Crippen LogP contribution < -0.4 is 5.32 Å². The Bertz CT molecular complexity index is 570. The zero-order chi connectivity index (χ0) is 14.5. The van der Waals surface area contributed by atoms with Crippen LogP contribution in [-0.4, -0.2) is 15.9 Å². The van der Waals surface area contributed by atoms with Crippen LogP contribution in [-0.2, 0) is 11.3 Å². The Hall–Kier alpha value is -1.75. The molecule has 2 unspecified atom stereocenters. The lowest BCUT2D eigenvalue weighted by Gasteiger charge is -2.27. The molecule has 0 bridgehead atoms. The number of amides is 1. The maximum absolute atomic E-state index is 12.3. The van der Waals surface area contributed by atoms with Gasteiger partial charge in [-0.1, -0.05) is 12.5 Å². The minimum atomic E-state index is 0.115. The van der Waals surface area contributed by atoms with Crippen LogP contribution in [0, 0.1) is 5.92 Å². The van der Waals surface area contributed by atoms with Crippen molar-refractivity contribution in [3.05, 3.63) is 46.7 Å². The summed E-state index contributed by atoms with van der Waals surface area (Å²) < 4.78 is 0. The summed E-state index contributed by atoms with van der Waals surface area (Å²) >= 11 is 1.70. The molecule has 1 amide bonds. The zero-order valence-electron chi connectivity index (χ0n) is 11.9. The molecule has 2 heterocycles. The first-order chi connectivity index (χ1) is 10.3. The number of hydrogen-bond acceptors (Lipinski definition) is 4. The Morgan fingerprint density at radius 3 is 3.10 bits per heavy atom. The van der Waals surface area contributed by atoms with Gasteiger partial charge in [-0.2, -0.15) is 0 Å². The third-order valence-corrected chi connectivity index (χ3v) is 4.97. The van der Waals surface area contributed by atoms with Gasteiger partial charge in [0, 0.05) is 42.4 Å². The molecule has 1 N–H and O–H groups in total. The predicted molar refractivity (Wildman–Crippen MR) is 82.9 cm³/mol. The Morgan fingerprint density at radius 2 is 2.33 bits per heavy atom. The Labute approximate surface area is 128 Å². The van der Waals surface area contributed by atoms with Crippen molar-refractivity contribution in [3.8, 4) is 0 Å². The van der Waals surface area contributed by atoms with Gasteiger partial charge in [-0.25, -0.2) is 4.98 Å². The SMILES string of the molecule is O=C(NCc1cccnc1)C1CCCC(c2nccs2)C1. The highest BCUT2D eigenvalue weighted by molar-refractivity contribution is 7.09. The van der Waals surface area contributed by atoms with Crippen LogP contribution in [0.15, 0.2) is 36.1 Å². The van der Waals surface area contributed by atoms with E-state index >= 15 is 0 Å². The molecule has 0 radical (unpaired) electrons. The van der Waals surface area contributed by atoms with Gasteiger partial charge in [-0.3, -0.25) is 9.78 Å². The lowest BCUT2D eigenvalue weighted by atomic mass is 9.81. The van der Waals surface area contributed by atoms with Crippen molar-refractivity contribution >= 4 is 17.2 Å². The highest BCUT2D eigenvalue weighted by Crippen LogP contribution is 2.36. The average molecular weight is 301 g/mol. The third-order valence-electron chi connectivity index (χ3n) is 4.04. The van der Waals surface area contributed by atoms with Crippen molar-refractivity contribution in [1.29, 1.82) is 0 Å². The zero-order valence-corrected chi connectivity index (χ0v) is 12.7. The molecule has 3 rings (SSSR count). The predicted octanol–water partition coefficient (Wildman–Crippen LogP) is 3.13. The van der Waals surface area contributed by atoms with Gasteiger partial charge in [0.2, 0.25) is 5.91 Å². The lowest BCUT2D eigenvalue weighted by Crippen LogP contribution is -2.33. The molecule has 2 atom stereocenters. The van der Waals surface area contributed by atoms with Gasteiger partial charge in [-0.15, -0.1) is 11.3 Å². The number of carbonyl (C=O) groups excluding carboxylic acids is 1. The van der Waals surface area contributed by atoms with E-state index in [4.69, 9.17) is 0 Å². The molecule has 5 heteroatoms. The normalized spacial score (nSPS) is 21.9. The van der Waals surface area contributed by atoms with Crippen molar-refractivity contribution < 1.29 is 4.79 Å². The van der Waals surface area contributed by atoms with E-state index in [-0.39, 0.29) is 11.8 Å². The summed E-state index contributed by atoms with van der Waals surface area (Å²) in [5.41, 5.74) is 1.04. The largest absolute Gasteiger partial charge is 0.352 e. The summed E-state index contributed by atoms with van der Waals surface area (Å²) in [7, 11) is 0. The van der Waals surface area contributed by atoms with E-state index in [1.54, 1.807) is 23.7 Å². The molecule has 0 aromatic carbocycles. The summed E-state index contributed by atoms with van der Waals surface area (Å²) in [4.78, 5) is 20.8. The molecule has 2 aromatic heterocycles. The molecule has 1 aliphatic rings. The second-order valence-corrected chi connectivity index (χ2v) is 6.44. The molecule has 1 aliphatic carbocycles. The van der Waals surface area contributed by atoms with Crippen molar-refractivity contribution in [3.63, 3.8) is 0 Å². The van der Waals surface area contributed by atoms with Crippen LogP contribution in [0.4, 0.5) is 0 Å². The van der Waals surface area contributed by atoms with E-state index in [0.717, 1.165) is 31.2 Å². The van der Waals surface area contributed by atoms with Crippen molar-refractivity contribution in [1.82, 2.24) is 15.3 Å². The Morgan fingerprint density at radius 1 is 1.38 bits per heavy atom. The van der Waals surface area contributed by atoms with E-state index in [1.807, 2.05) is 23.7 Å². The number of aromatic nitrogens is 2. The summed E-state index contributed by atoms with van der Waals surface area (Å²) in [6.07, 6.45) is 9.55. The fourth-order valence-corrected chi connectivity index (χ4v) is 3.71. The van der Waals surface area contributed by atoms with Crippen LogP contribution in [0.5, 0.6) is 0 Å². The molecule has 21 heavy (non-hydrogen) atoms. The molecule has 4 nitrogen and oxygen atoms in total. The summed E-state index contributed by atoms with van der Waals surface area (Å²) in [6, 6.07) is 3.87. The number of carbonyl (C=O) groups is 1. The smallest absolute Gasteiger partial charge is 0.223 e. The van der Waals surface area contributed by atoms with Crippen molar-refractivity contribution in [2.24, 2.45) is 5.92 Å². The van der Waals surface area contributed by atoms with Gasteiger partial charge < -0.3 is 5.32 Å². The third kappa shape index (κ3) is 3.67. The van der Waals surface area contributed by atoms with Gasteiger partial charge in [0.1, 0.15) is 0 Å². The molecule has 0 saturated heterocycles. The van der Waals surface area contributed by atoms with Gasteiger partial charge in [0.25, 0.3) is 0 Å². The molecule has 1 saturated carbocycles. The van der Waals surface area contributed by atoms with E-state index in [9.17, 15) is 4.79 Å². The average Bonchev–Trinajstić information content (AvgIpc) is 3.08. The van der Waals surface area contributed by atoms with Crippen LogP contribution in [0.25, 0.3) is 0 Å². The second-order valence-electron chi connectivity index (χ2n) is 5.51. The topological polar surface area (TPSA) is 54.9 Å². The van der Waals surface area contributed by atoms with Gasteiger partial charge >= 0.3 is 0 Å². The van der Waals surface area contributed by atoms with E-state index in [2.05, 4.69) is 15.3 Å². The van der Waals surface area contributed by atoms with Crippen molar-refractivity contribution in [2.45, 2.75) is 38.1 Å². The van der Waals surface area contributed by atoms with E-state index < -0.39 is 0 Å². The van der Waals surface area contributed by atoms with Gasteiger partial charge in [-0.05, 0) is 30.9 Å². The first-order valence-electron chi connectivity index (χ1n) is 7.39. The summed E-state index contributed by atoms with van der Waals surface area (Å²) in [5.74, 6) is 0.734. The van der Waals surface area contributed by atoms with E-state index in [1.165, 1.54) is 5.01 Å².